The number of para-hydroxylation sites is 1. The van der Waals surface area contributed by atoms with Crippen LogP contribution in [0.3, 0.4) is 0 Å². The first-order valence-electron chi connectivity index (χ1n) is 13.7. The first-order valence-corrected chi connectivity index (χ1v) is 15.4. The maximum atomic E-state index is 14.3. The van der Waals surface area contributed by atoms with Gasteiger partial charge in [0.05, 0.1) is 25.0 Å². The Labute approximate surface area is 243 Å². The molecule has 0 spiro atoms. The Bertz CT molecular complexity index is 1570. The molecule has 13 heteroatoms. The minimum absolute atomic E-state index is 0.200. The van der Waals surface area contributed by atoms with Gasteiger partial charge in [-0.1, -0.05) is 55.5 Å². The molecular weight excluding hydrogens is 561 g/mol. The third kappa shape index (κ3) is 6.63. The largest absolute Gasteiger partial charge is 0.458 e. The molecule has 1 fully saturated rings. The molecular formula is C29H34N5O7P. The quantitative estimate of drug-likeness (QED) is 0.184. The predicted molar refractivity (Wildman–Crippen MR) is 155 cm³/mol. The number of aliphatic hydroxyl groups is 1. The number of nitrogens with zero attached hydrogens (tertiary/aromatic N) is 4. The fourth-order valence-electron chi connectivity index (χ4n) is 4.85. The summed E-state index contributed by atoms with van der Waals surface area (Å²) in [5, 5.41) is 10.1. The van der Waals surface area contributed by atoms with E-state index in [0.29, 0.717) is 22.7 Å². The van der Waals surface area contributed by atoms with Crippen molar-refractivity contribution in [2.24, 2.45) is 5.92 Å². The van der Waals surface area contributed by atoms with Crippen LogP contribution in [0.1, 0.15) is 44.0 Å². The second-order valence-electron chi connectivity index (χ2n) is 10.3. The van der Waals surface area contributed by atoms with Gasteiger partial charge in [0.15, 0.2) is 11.5 Å². The van der Waals surface area contributed by atoms with Gasteiger partial charge in [-0.25, -0.2) is 19.5 Å². The molecule has 222 valence electrons. The molecule has 2 aromatic carbocycles. The van der Waals surface area contributed by atoms with Gasteiger partial charge in [-0.15, -0.1) is 0 Å². The summed E-state index contributed by atoms with van der Waals surface area (Å²) in [6, 6.07) is 17.9. The number of rotatable bonds is 11. The van der Waals surface area contributed by atoms with E-state index in [2.05, 4.69) is 15.0 Å². The number of ether oxygens (including phenoxy) is 2. The van der Waals surface area contributed by atoms with Gasteiger partial charge in [0.25, 0.3) is 0 Å². The van der Waals surface area contributed by atoms with Crippen LogP contribution in [0.5, 0.6) is 5.75 Å². The normalized spacial score (nSPS) is 21.5. The number of benzene rings is 2. The minimum atomic E-state index is -4.00. The molecule has 3 N–H and O–H groups in total. The number of nitrogens with two attached hydrogens (primary N) is 1. The van der Waals surface area contributed by atoms with Crippen LogP contribution in [-0.2, 0) is 23.4 Å². The van der Waals surface area contributed by atoms with Crippen LogP contribution < -0.4 is 10.3 Å². The van der Waals surface area contributed by atoms with Crippen molar-refractivity contribution in [3.63, 3.8) is 0 Å². The van der Waals surface area contributed by atoms with Gasteiger partial charge in [-0.2, -0.15) is 0 Å². The van der Waals surface area contributed by atoms with E-state index in [4.69, 9.17) is 24.3 Å². The molecule has 12 nitrogen and oxygen atoms in total. The molecule has 0 bridgehead atoms. The summed E-state index contributed by atoms with van der Waals surface area (Å²) in [6.45, 7) is 4.71. The molecule has 1 saturated heterocycles. The summed E-state index contributed by atoms with van der Waals surface area (Å²) in [5.41, 5.74) is 7.74. The lowest BCUT2D eigenvalue weighted by Gasteiger charge is -2.26. The van der Waals surface area contributed by atoms with Crippen LogP contribution >= 0.6 is 7.60 Å². The SMILES string of the molecule is Cc1nc(N)c2ncn([C@H]3C[C@@H](OP(=O)(C[C@@H](C)C(=O)O[C@@H](C)c4ccccc4)Oc4ccccc4)[C@@H](CO)O3)c2n1. The molecule has 4 aromatic rings. The van der Waals surface area contributed by atoms with Crippen molar-refractivity contribution in [2.45, 2.75) is 51.7 Å². The highest BCUT2D eigenvalue weighted by Crippen LogP contribution is 2.53. The topological polar surface area (TPSA) is 161 Å². The number of nitrogen functional groups attached to an aromatic ring is 1. The molecule has 6 atom stereocenters. The number of fused-ring (bicyclic) bond motifs is 1. The molecule has 1 aliphatic rings. The van der Waals surface area contributed by atoms with E-state index in [-0.39, 0.29) is 18.4 Å². The zero-order valence-electron chi connectivity index (χ0n) is 23.6. The summed E-state index contributed by atoms with van der Waals surface area (Å²) < 4.78 is 39.8. The van der Waals surface area contributed by atoms with Gasteiger partial charge >= 0.3 is 13.6 Å². The van der Waals surface area contributed by atoms with Crippen LogP contribution in [-0.4, -0.2) is 55.6 Å². The van der Waals surface area contributed by atoms with E-state index < -0.39 is 50.6 Å². The second-order valence-corrected chi connectivity index (χ2v) is 12.2. The van der Waals surface area contributed by atoms with E-state index >= 15 is 0 Å². The molecule has 3 heterocycles. The minimum Gasteiger partial charge on any atom is -0.458 e. The number of aryl methyl sites for hydroxylation is 1. The average molecular weight is 596 g/mol. The van der Waals surface area contributed by atoms with Gasteiger partial charge in [-0.3, -0.25) is 13.9 Å². The monoisotopic (exact) mass is 595 g/mol. The van der Waals surface area contributed by atoms with Crippen LogP contribution in [0.15, 0.2) is 67.0 Å². The Hall–Kier alpha value is -3.83. The number of anilines is 1. The second kappa shape index (κ2) is 12.6. The van der Waals surface area contributed by atoms with E-state index in [1.54, 1.807) is 55.7 Å². The Morgan fingerprint density at radius 1 is 1.14 bits per heavy atom. The predicted octanol–water partition coefficient (Wildman–Crippen LogP) is 4.59. The number of imidazole rings is 1. The van der Waals surface area contributed by atoms with E-state index in [1.807, 2.05) is 30.3 Å². The van der Waals surface area contributed by atoms with Crippen molar-refractivity contribution < 1.29 is 33.0 Å². The summed E-state index contributed by atoms with van der Waals surface area (Å²) in [6.07, 6.45) is -1.33. The lowest BCUT2D eigenvalue weighted by Crippen LogP contribution is -2.29. The van der Waals surface area contributed by atoms with Crippen molar-refractivity contribution in [2.75, 3.05) is 18.5 Å². The van der Waals surface area contributed by atoms with E-state index in [0.717, 1.165) is 5.56 Å². The third-order valence-electron chi connectivity index (χ3n) is 6.98. The zero-order valence-corrected chi connectivity index (χ0v) is 24.5. The van der Waals surface area contributed by atoms with Crippen LogP contribution in [0, 0.1) is 12.8 Å². The van der Waals surface area contributed by atoms with Crippen molar-refractivity contribution in [3.8, 4) is 5.75 Å². The first-order chi connectivity index (χ1) is 20.2. The lowest BCUT2D eigenvalue weighted by atomic mass is 10.1. The fraction of sp³-hybridized carbons (Fsp3) is 0.379. The van der Waals surface area contributed by atoms with Gasteiger partial charge < -0.3 is 24.8 Å². The lowest BCUT2D eigenvalue weighted by molar-refractivity contribution is -0.152. The van der Waals surface area contributed by atoms with Gasteiger partial charge in [0.2, 0.25) is 0 Å². The Morgan fingerprint density at radius 3 is 2.52 bits per heavy atom. The number of aromatic nitrogens is 4. The first kappa shape index (κ1) is 29.7. The highest BCUT2D eigenvalue weighted by molar-refractivity contribution is 7.54. The van der Waals surface area contributed by atoms with Gasteiger partial charge in [0.1, 0.15) is 41.6 Å². The number of esters is 1. The molecule has 2 aromatic heterocycles. The van der Waals surface area contributed by atoms with Crippen molar-refractivity contribution >= 4 is 30.5 Å². The smallest absolute Gasteiger partial charge is 0.380 e. The molecule has 1 aliphatic heterocycles. The number of carbonyl (C=O) groups excluding carboxylic acids is 1. The Balaban J connectivity index is 1.35. The van der Waals surface area contributed by atoms with Crippen molar-refractivity contribution in [3.05, 3.63) is 78.4 Å². The molecule has 0 radical (unpaired) electrons. The summed E-state index contributed by atoms with van der Waals surface area (Å²) >= 11 is 0. The average Bonchev–Trinajstić information content (AvgIpc) is 3.57. The van der Waals surface area contributed by atoms with E-state index in [9.17, 15) is 14.5 Å². The maximum absolute atomic E-state index is 14.3. The number of hydrogen-bond donors (Lipinski definition) is 2. The van der Waals surface area contributed by atoms with Gasteiger partial charge in [-0.05, 0) is 31.5 Å². The van der Waals surface area contributed by atoms with Crippen molar-refractivity contribution in [1.82, 2.24) is 19.5 Å². The maximum Gasteiger partial charge on any atom is 0.380 e. The molecule has 0 saturated carbocycles. The zero-order chi connectivity index (χ0) is 29.9. The number of carbonyl (C=O) groups is 1. The molecule has 1 unspecified atom stereocenters. The summed E-state index contributed by atoms with van der Waals surface area (Å²) in [7, 11) is -4.00. The third-order valence-corrected chi connectivity index (χ3v) is 9.05. The summed E-state index contributed by atoms with van der Waals surface area (Å²) in [4.78, 5) is 26.0. The van der Waals surface area contributed by atoms with E-state index in [1.165, 1.54) is 6.33 Å². The van der Waals surface area contributed by atoms with Crippen LogP contribution in [0.2, 0.25) is 0 Å². The highest BCUT2D eigenvalue weighted by atomic mass is 31.2. The Kier molecular flexibility index (Phi) is 8.88. The standard InChI is InChI=1S/C29H34N5O7P/c1-18(29(36)38-19(2)21-10-6-4-7-11-21)16-42(37,40-22-12-8-5-9-13-22)41-23-14-25(39-24(23)15-35)34-17-31-26-27(30)32-20(3)33-28(26)34/h4-13,17-19,23-25,35H,14-16H2,1-3H3,(H2,30,32,33)/t18-,19+,23-,24-,25-,42?/m1/s1. The van der Waals surface area contributed by atoms with Crippen LogP contribution in [0.25, 0.3) is 11.2 Å². The Morgan fingerprint density at radius 2 is 1.83 bits per heavy atom. The highest BCUT2D eigenvalue weighted by Gasteiger charge is 2.44. The molecule has 0 aliphatic carbocycles. The van der Waals surface area contributed by atoms with Gasteiger partial charge in [0, 0.05) is 6.42 Å². The van der Waals surface area contributed by atoms with Crippen molar-refractivity contribution in [1.29, 1.82) is 0 Å². The molecule has 5 rings (SSSR count). The summed E-state index contributed by atoms with van der Waals surface area (Å²) in [5.74, 6) is -0.336. The molecule has 0 amide bonds. The number of aliphatic hydroxyl groups excluding tert-OH is 1. The van der Waals surface area contributed by atoms with Crippen LogP contribution in [0.4, 0.5) is 5.82 Å². The molecule has 42 heavy (non-hydrogen) atoms. The fourth-order valence-corrected chi connectivity index (χ4v) is 6.95. The number of hydrogen-bond acceptors (Lipinski definition) is 11.